The highest BCUT2D eigenvalue weighted by Crippen LogP contribution is 2.17. The number of carbonyl (C=O) groups is 2. The summed E-state index contributed by atoms with van der Waals surface area (Å²) in [4.78, 5) is 26.8. The Hall–Kier alpha value is -1.14. The number of carboxylic acids is 1. The lowest BCUT2D eigenvalue weighted by Gasteiger charge is -2.35. The molecule has 2 fully saturated rings. The number of piperidine rings is 2. The summed E-state index contributed by atoms with van der Waals surface area (Å²) in [7, 11) is 0. The van der Waals surface area contributed by atoms with Crippen molar-refractivity contribution >= 4 is 11.9 Å². The van der Waals surface area contributed by atoms with Crippen LogP contribution in [0.2, 0.25) is 0 Å². The molecule has 2 aliphatic rings. The molecule has 120 valence electrons. The molecule has 2 aliphatic heterocycles. The van der Waals surface area contributed by atoms with E-state index in [-0.39, 0.29) is 18.6 Å². The van der Waals surface area contributed by atoms with Gasteiger partial charge in [-0.2, -0.15) is 0 Å². The summed E-state index contributed by atoms with van der Waals surface area (Å²) in [5, 5.41) is 8.59. The lowest BCUT2D eigenvalue weighted by atomic mass is 9.99. The Morgan fingerprint density at radius 3 is 2.29 bits per heavy atom. The zero-order valence-corrected chi connectivity index (χ0v) is 12.8. The number of likely N-dealkylation sites (tertiary alicyclic amines) is 2. The van der Waals surface area contributed by atoms with E-state index in [1.165, 1.54) is 0 Å². The van der Waals surface area contributed by atoms with E-state index in [0.717, 1.165) is 57.8 Å². The molecular weight excluding hydrogens is 272 g/mol. The van der Waals surface area contributed by atoms with Gasteiger partial charge in [-0.15, -0.1) is 0 Å². The van der Waals surface area contributed by atoms with Crippen molar-refractivity contribution in [1.29, 1.82) is 0 Å². The van der Waals surface area contributed by atoms with Crippen molar-refractivity contribution in [2.75, 3.05) is 39.3 Å². The SMILES string of the molecule is CC1CCN(C(=O)CN2CCC(OCC(=O)O)CC2)CC1. The highest BCUT2D eigenvalue weighted by atomic mass is 16.5. The summed E-state index contributed by atoms with van der Waals surface area (Å²) in [6, 6.07) is 0. The Bertz CT molecular complexity index is 359. The van der Waals surface area contributed by atoms with Crippen LogP contribution in [0.3, 0.4) is 0 Å². The Morgan fingerprint density at radius 2 is 1.71 bits per heavy atom. The summed E-state index contributed by atoms with van der Waals surface area (Å²) in [6.45, 7) is 5.89. The first-order chi connectivity index (χ1) is 10.0. The van der Waals surface area contributed by atoms with Crippen LogP contribution < -0.4 is 0 Å². The number of carboxylic acid groups (broad SMARTS) is 1. The zero-order valence-electron chi connectivity index (χ0n) is 12.8. The van der Waals surface area contributed by atoms with Gasteiger partial charge in [0.1, 0.15) is 6.61 Å². The summed E-state index contributed by atoms with van der Waals surface area (Å²) < 4.78 is 5.30. The number of nitrogens with zero attached hydrogens (tertiary/aromatic N) is 2. The Morgan fingerprint density at radius 1 is 1.10 bits per heavy atom. The third-order valence-corrected chi connectivity index (χ3v) is 4.47. The average molecular weight is 298 g/mol. The minimum atomic E-state index is -0.924. The lowest BCUT2D eigenvalue weighted by Crippen LogP contribution is -2.46. The predicted molar refractivity (Wildman–Crippen MR) is 78.0 cm³/mol. The van der Waals surface area contributed by atoms with Crippen molar-refractivity contribution in [2.45, 2.75) is 38.7 Å². The molecule has 6 heteroatoms. The number of amides is 1. The van der Waals surface area contributed by atoms with Gasteiger partial charge in [0.2, 0.25) is 5.91 Å². The van der Waals surface area contributed by atoms with E-state index in [0.29, 0.717) is 6.54 Å². The first kappa shape index (κ1) is 16.2. The van der Waals surface area contributed by atoms with Crippen LogP contribution in [-0.4, -0.2) is 72.2 Å². The largest absolute Gasteiger partial charge is 0.480 e. The van der Waals surface area contributed by atoms with Gasteiger partial charge in [-0.3, -0.25) is 9.69 Å². The smallest absolute Gasteiger partial charge is 0.329 e. The second kappa shape index (κ2) is 7.75. The van der Waals surface area contributed by atoms with Gasteiger partial charge in [0.15, 0.2) is 0 Å². The van der Waals surface area contributed by atoms with Crippen molar-refractivity contribution in [2.24, 2.45) is 5.92 Å². The molecule has 0 radical (unpaired) electrons. The van der Waals surface area contributed by atoms with E-state index in [1.54, 1.807) is 0 Å². The maximum absolute atomic E-state index is 12.2. The molecule has 0 bridgehead atoms. The normalized spacial score (nSPS) is 22.4. The summed E-state index contributed by atoms with van der Waals surface area (Å²) in [6.07, 6.45) is 3.84. The zero-order chi connectivity index (χ0) is 15.2. The standard InChI is InChI=1S/C15H26N2O4/c1-12-2-8-17(9-3-12)14(18)10-16-6-4-13(5-7-16)21-11-15(19)20/h12-13H,2-11H2,1H3,(H,19,20). The van der Waals surface area contributed by atoms with E-state index in [9.17, 15) is 9.59 Å². The van der Waals surface area contributed by atoms with Crippen molar-refractivity contribution in [3.05, 3.63) is 0 Å². The lowest BCUT2D eigenvalue weighted by molar-refractivity contribution is -0.145. The maximum Gasteiger partial charge on any atom is 0.329 e. The van der Waals surface area contributed by atoms with Gasteiger partial charge in [-0.25, -0.2) is 4.79 Å². The van der Waals surface area contributed by atoms with Crippen LogP contribution in [-0.2, 0) is 14.3 Å². The number of hydrogen-bond acceptors (Lipinski definition) is 4. The molecule has 0 aromatic carbocycles. The van der Waals surface area contributed by atoms with E-state index in [2.05, 4.69) is 11.8 Å². The number of hydrogen-bond donors (Lipinski definition) is 1. The molecular formula is C15H26N2O4. The Balaban J connectivity index is 1.66. The molecule has 0 aliphatic carbocycles. The first-order valence-corrected chi connectivity index (χ1v) is 7.88. The fourth-order valence-electron chi connectivity index (χ4n) is 2.97. The minimum absolute atomic E-state index is 0.0169. The van der Waals surface area contributed by atoms with E-state index < -0.39 is 5.97 Å². The third-order valence-electron chi connectivity index (χ3n) is 4.47. The summed E-state index contributed by atoms with van der Waals surface area (Å²) in [5.41, 5.74) is 0. The van der Waals surface area contributed by atoms with Crippen molar-refractivity contribution in [3.8, 4) is 0 Å². The minimum Gasteiger partial charge on any atom is -0.480 e. The molecule has 0 atom stereocenters. The summed E-state index contributed by atoms with van der Waals surface area (Å²) in [5.74, 6) is 0.0370. The molecule has 2 saturated heterocycles. The van der Waals surface area contributed by atoms with Gasteiger partial charge in [0.25, 0.3) is 0 Å². The van der Waals surface area contributed by atoms with Crippen LogP contribution >= 0.6 is 0 Å². The van der Waals surface area contributed by atoms with Gasteiger partial charge >= 0.3 is 5.97 Å². The number of aliphatic carboxylic acids is 1. The molecule has 6 nitrogen and oxygen atoms in total. The highest BCUT2D eigenvalue weighted by Gasteiger charge is 2.25. The van der Waals surface area contributed by atoms with Crippen molar-refractivity contribution in [1.82, 2.24) is 9.80 Å². The monoisotopic (exact) mass is 298 g/mol. The highest BCUT2D eigenvalue weighted by molar-refractivity contribution is 5.78. The van der Waals surface area contributed by atoms with E-state index in [1.807, 2.05) is 4.90 Å². The number of ether oxygens (including phenoxy) is 1. The Kier molecular flexibility index (Phi) is 5.99. The molecule has 1 N–H and O–H groups in total. The van der Waals surface area contributed by atoms with Gasteiger partial charge in [0.05, 0.1) is 12.6 Å². The second-order valence-electron chi connectivity index (χ2n) is 6.24. The van der Waals surface area contributed by atoms with Crippen molar-refractivity contribution in [3.63, 3.8) is 0 Å². The molecule has 0 saturated carbocycles. The Labute approximate surface area is 126 Å². The molecule has 0 spiro atoms. The molecule has 0 aromatic rings. The quantitative estimate of drug-likeness (QED) is 0.813. The van der Waals surface area contributed by atoms with Crippen LogP contribution in [0.5, 0.6) is 0 Å². The van der Waals surface area contributed by atoms with Crippen LogP contribution in [0.25, 0.3) is 0 Å². The van der Waals surface area contributed by atoms with Gasteiger partial charge < -0.3 is 14.7 Å². The first-order valence-electron chi connectivity index (χ1n) is 7.88. The van der Waals surface area contributed by atoms with Gasteiger partial charge in [-0.1, -0.05) is 6.92 Å². The molecule has 2 rings (SSSR count). The fraction of sp³-hybridized carbons (Fsp3) is 0.867. The molecule has 21 heavy (non-hydrogen) atoms. The van der Waals surface area contributed by atoms with Crippen LogP contribution in [0.15, 0.2) is 0 Å². The predicted octanol–water partition coefficient (Wildman–Crippen LogP) is 0.810. The molecule has 1 amide bonds. The topological polar surface area (TPSA) is 70.1 Å². The number of carbonyl (C=O) groups excluding carboxylic acids is 1. The van der Waals surface area contributed by atoms with Crippen molar-refractivity contribution < 1.29 is 19.4 Å². The van der Waals surface area contributed by atoms with Crippen LogP contribution in [0.1, 0.15) is 32.6 Å². The second-order valence-corrected chi connectivity index (χ2v) is 6.24. The van der Waals surface area contributed by atoms with E-state index >= 15 is 0 Å². The molecule has 0 unspecified atom stereocenters. The molecule has 2 heterocycles. The maximum atomic E-state index is 12.2. The van der Waals surface area contributed by atoms with Gasteiger partial charge in [-0.05, 0) is 31.6 Å². The fourth-order valence-corrected chi connectivity index (χ4v) is 2.97. The third kappa shape index (κ3) is 5.28. The molecule has 0 aromatic heterocycles. The number of rotatable bonds is 5. The van der Waals surface area contributed by atoms with Gasteiger partial charge in [0, 0.05) is 26.2 Å². The van der Waals surface area contributed by atoms with Crippen LogP contribution in [0.4, 0.5) is 0 Å². The average Bonchev–Trinajstić information content (AvgIpc) is 2.47. The van der Waals surface area contributed by atoms with Crippen LogP contribution in [0, 0.1) is 5.92 Å². The summed E-state index contributed by atoms with van der Waals surface area (Å²) >= 11 is 0. The van der Waals surface area contributed by atoms with E-state index in [4.69, 9.17) is 9.84 Å².